The normalized spacial score (nSPS) is 11.9. The van der Waals surface area contributed by atoms with E-state index in [0.717, 1.165) is 16.3 Å². The average molecular weight is 272 g/mol. The van der Waals surface area contributed by atoms with Crippen LogP contribution >= 0.6 is 0 Å². The van der Waals surface area contributed by atoms with Crippen LogP contribution in [0, 0.1) is 0 Å². The smallest absolute Gasteiger partial charge is 0.313 e. The Balaban J connectivity index is 2.39. The molecule has 2 aromatic carbocycles. The molecule has 0 saturated heterocycles. The van der Waals surface area contributed by atoms with E-state index in [1.165, 1.54) is 14.2 Å². The monoisotopic (exact) mass is 272 g/mol. The van der Waals surface area contributed by atoms with Crippen molar-refractivity contribution in [1.82, 2.24) is 0 Å². The van der Waals surface area contributed by atoms with Gasteiger partial charge in [0.05, 0.1) is 26.6 Å². The fourth-order valence-electron chi connectivity index (χ4n) is 2.15. The minimum atomic E-state index is -0.642. The Morgan fingerprint density at radius 2 is 1.70 bits per heavy atom. The molecule has 0 aliphatic rings. The zero-order valence-corrected chi connectivity index (χ0v) is 11.5. The quantitative estimate of drug-likeness (QED) is 0.803. The molecule has 0 radical (unpaired) electrons. The van der Waals surface area contributed by atoms with E-state index in [2.05, 4.69) is 4.74 Å². The van der Waals surface area contributed by atoms with Gasteiger partial charge in [0.15, 0.2) is 0 Å². The Kier molecular flexibility index (Phi) is 4.35. The number of carbonyl (C=O) groups excluding carboxylic acids is 2. The van der Waals surface area contributed by atoms with Crippen molar-refractivity contribution in [2.75, 3.05) is 14.2 Å². The third-order valence-electron chi connectivity index (χ3n) is 3.26. The fraction of sp³-hybridized carbons (Fsp3) is 0.250. The number of hydrogen-bond donors (Lipinski definition) is 0. The lowest BCUT2D eigenvalue weighted by Crippen LogP contribution is -2.18. The maximum Gasteiger partial charge on any atom is 0.313 e. The summed E-state index contributed by atoms with van der Waals surface area (Å²) in [6.07, 6.45) is -0.0263. The second-order valence-corrected chi connectivity index (χ2v) is 4.46. The molecular weight excluding hydrogens is 256 g/mol. The molecule has 0 aromatic heterocycles. The largest absolute Gasteiger partial charge is 0.469 e. The number of rotatable bonds is 4. The summed E-state index contributed by atoms with van der Waals surface area (Å²) < 4.78 is 9.42. The maximum absolute atomic E-state index is 11.9. The molecule has 0 aliphatic heterocycles. The predicted octanol–water partition coefficient (Wildman–Crippen LogP) is 2.66. The van der Waals surface area contributed by atoms with Crippen molar-refractivity contribution < 1.29 is 19.1 Å². The van der Waals surface area contributed by atoms with E-state index >= 15 is 0 Å². The van der Waals surface area contributed by atoms with Crippen molar-refractivity contribution in [3.8, 4) is 0 Å². The van der Waals surface area contributed by atoms with Crippen LogP contribution < -0.4 is 0 Å². The first kappa shape index (κ1) is 14.1. The average Bonchev–Trinajstić information content (AvgIpc) is 2.51. The van der Waals surface area contributed by atoms with Crippen molar-refractivity contribution >= 4 is 22.7 Å². The number of methoxy groups -OCH3 is 2. The fourth-order valence-corrected chi connectivity index (χ4v) is 2.15. The number of benzene rings is 2. The van der Waals surface area contributed by atoms with Gasteiger partial charge in [-0.3, -0.25) is 9.59 Å². The van der Waals surface area contributed by atoms with Crippen molar-refractivity contribution in [1.29, 1.82) is 0 Å². The van der Waals surface area contributed by atoms with Crippen LogP contribution in [0.25, 0.3) is 10.8 Å². The lowest BCUT2D eigenvalue weighted by atomic mass is 9.93. The Bertz CT molecular complexity index is 633. The molecule has 0 aliphatic carbocycles. The summed E-state index contributed by atoms with van der Waals surface area (Å²) in [7, 11) is 2.62. The summed E-state index contributed by atoms with van der Waals surface area (Å²) in [6, 6.07) is 13.5. The molecule has 0 unspecified atom stereocenters. The van der Waals surface area contributed by atoms with Gasteiger partial charge in [0.2, 0.25) is 0 Å². The number of esters is 2. The number of carbonyl (C=O) groups is 2. The van der Waals surface area contributed by atoms with E-state index in [-0.39, 0.29) is 6.42 Å². The van der Waals surface area contributed by atoms with Crippen LogP contribution in [0.3, 0.4) is 0 Å². The summed E-state index contributed by atoms with van der Waals surface area (Å²) in [4.78, 5) is 23.3. The molecule has 0 amide bonds. The van der Waals surface area contributed by atoms with Crippen molar-refractivity contribution in [2.45, 2.75) is 12.3 Å². The molecular formula is C16H16O4. The minimum absolute atomic E-state index is 0.0263. The summed E-state index contributed by atoms with van der Waals surface area (Å²) >= 11 is 0. The molecule has 0 spiro atoms. The molecule has 4 nitrogen and oxygen atoms in total. The second-order valence-electron chi connectivity index (χ2n) is 4.46. The van der Waals surface area contributed by atoms with Crippen LogP contribution in [-0.2, 0) is 19.1 Å². The summed E-state index contributed by atoms with van der Waals surface area (Å²) in [5, 5.41) is 2.10. The van der Waals surface area contributed by atoms with Gasteiger partial charge in [-0.25, -0.2) is 0 Å². The van der Waals surface area contributed by atoms with Gasteiger partial charge in [0.1, 0.15) is 0 Å². The van der Waals surface area contributed by atoms with Crippen LogP contribution in [0.5, 0.6) is 0 Å². The van der Waals surface area contributed by atoms with E-state index in [0.29, 0.717) is 0 Å². The molecule has 0 N–H and O–H groups in total. The van der Waals surface area contributed by atoms with Gasteiger partial charge in [0.25, 0.3) is 0 Å². The van der Waals surface area contributed by atoms with Crippen LogP contribution in [0.1, 0.15) is 17.9 Å². The van der Waals surface area contributed by atoms with Gasteiger partial charge in [-0.1, -0.05) is 42.5 Å². The summed E-state index contributed by atoms with van der Waals surface area (Å²) in [5.41, 5.74) is 0.751. The summed E-state index contributed by atoms with van der Waals surface area (Å²) in [6.45, 7) is 0. The highest BCUT2D eigenvalue weighted by Crippen LogP contribution is 2.25. The first-order valence-corrected chi connectivity index (χ1v) is 6.29. The summed E-state index contributed by atoms with van der Waals surface area (Å²) in [5.74, 6) is -1.52. The number of hydrogen-bond acceptors (Lipinski definition) is 4. The van der Waals surface area contributed by atoms with Gasteiger partial charge >= 0.3 is 11.9 Å². The van der Waals surface area contributed by atoms with E-state index in [4.69, 9.17) is 4.74 Å². The molecule has 0 bridgehead atoms. The van der Waals surface area contributed by atoms with E-state index in [1.54, 1.807) is 0 Å². The minimum Gasteiger partial charge on any atom is -0.469 e. The van der Waals surface area contributed by atoms with Crippen molar-refractivity contribution in [3.05, 3.63) is 48.0 Å². The third kappa shape index (κ3) is 2.96. The first-order valence-electron chi connectivity index (χ1n) is 6.29. The Hall–Kier alpha value is -2.36. The highest BCUT2D eigenvalue weighted by molar-refractivity contribution is 5.88. The van der Waals surface area contributed by atoms with E-state index in [9.17, 15) is 9.59 Å². The maximum atomic E-state index is 11.9. The lowest BCUT2D eigenvalue weighted by Gasteiger charge is -2.14. The Morgan fingerprint density at radius 3 is 2.35 bits per heavy atom. The van der Waals surface area contributed by atoms with Crippen LogP contribution in [0.2, 0.25) is 0 Å². The second kappa shape index (κ2) is 6.19. The molecule has 2 aromatic rings. The third-order valence-corrected chi connectivity index (χ3v) is 3.26. The van der Waals surface area contributed by atoms with Crippen molar-refractivity contribution in [2.24, 2.45) is 0 Å². The van der Waals surface area contributed by atoms with E-state index < -0.39 is 17.9 Å². The van der Waals surface area contributed by atoms with Gasteiger partial charge in [-0.15, -0.1) is 0 Å². The highest BCUT2D eigenvalue weighted by atomic mass is 16.5. The van der Waals surface area contributed by atoms with E-state index in [1.807, 2.05) is 42.5 Å². The van der Waals surface area contributed by atoms with Gasteiger partial charge in [-0.05, 0) is 16.3 Å². The standard InChI is InChI=1S/C16H16O4/c1-19-15(17)10-14(16(18)20-2)13-8-7-11-5-3-4-6-12(11)9-13/h3-9,14H,10H2,1-2H3/t14-/m1/s1. The Morgan fingerprint density at radius 1 is 1.00 bits per heavy atom. The van der Waals surface area contributed by atoms with Gasteiger partial charge in [0, 0.05) is 0 Å². The Labute approximate surface area is 117 Å². The van der Waals surface area contributed by atoms with Crippen LogP contribution in [0.15, 0.2) is 42.5 Å². The zero-order chi connectivity index (χ0) is 14.5. The molecule has 0 saturated carbocycles. The predicted molar refractivity (Wildman–Crippen MR) is 75.3 cm³/mol. The lowest BCUT2D eigenvalue weighted by molar-refractivity contribution is -0.149. The molecule has 0 heterocycles. The van der Waals surface area contributed by atoms with Gasteiger partial charge in [-0.2, -0.15) is 0 Å². The van der Waals surface area contributed by atoms with Gasteiger partial charge < -0.3 is 9.47 Å². The first-order chi connectivity index (χ1) is 9.65. The van der Waals surface area contributed by atoms with Crippen molar-refractivity contribution in [3.63, 3.8) is 0 Å². The van der Waals surface area contributed by atoms with Crippen LogP contribution in [-0.4, -0.2) is 26.2 Å². The number of fused-ring (bicyclic) bond motifs is 1. The molecule has 104 valence electrons. The molecule has 1 atom stereocenters. The zero-order valence-electron chi connectivity index (χ0n) is 11.5. The molecule has 20 heavy (non-hydrogen) atoms. The number of ether oxygens (including phenoxy) is 2. The SMILES string of the molecule is COC(=O)C[C@@H](C(=O)OC)c1ccc2ccccc2c1. The topological polar surface area (TPSA) is 52.6 Å². The molecule has 2 rings (SSSR count). The molecule has 4 heteroatoms. The molecule has 0 fully saturated rings. The van der Waals surface area contributed by atoms with Crippen LogP contribution in [0.4, 0.5) is 0 Å². The highest BCUT2D eigenvalue weighted by Gasteiger charge is 2.25.